The van der Waals surface area contributed by atoms with Crippen molar-refractivity contribution in [2.24, 2.45) is 0 Å². The molecule has 0 unspecified atom stereocenters. The number of nitrogens with zero attached hydrogens (tertiary/aromatic N) is 1. The van der Waals surface area contributed by atoms with E-state index in [0.717, 1.165) is 42.0 Å². The Labute approximate surface area is 144 Å². The average molecular weight is 372 g/mol. The van der Waals surface area contributed by atoms with Gasteiger partial charge >= 0.3 is 0 Å². The summed E-state index contributed by atoms with van der Waals surface area (Å²) in [7, 11) is 0. The predicted octanol–water partition coefficient (Wildman–Crippen LogP) is 4.18. The maximum absolute atomic E-state index is 12.3. The first-order valence-corrected chi connectivity index (χ1v) is 8.42. The molecule has 0 spiro atoms. The first kappa shape index (κ1) is 16.0. The molecule has 2 aromatic rings. The first-order chi connectivity index (χ1) is 11.2. The van der Waals surface area contributed by atoms with Crippen molar-refractivity contribution in [2.75, 3.05) is 31.2 Å². The number of benzene rings is 2. The van der Waals surface area contributed by atoms with E-state index in [0.29, 0.717) is 5.56 Å². The van der Waals surface area contributed by atoms with E-state index in [2.05, 4.69) is 20.8 Å². The third-order valence-electron chi connectivity index (χ3n) is 3.80. The van der Waals surface area contributed by atoms with Crippen LogP contribution in [0.2, 0.25) is 0 Å². The second kappa shape index (κ2) is 7.57. The fourth-order valence-corrected chi connectivity index (χ4v) is 2.95. The Morgan fingerprint density at radius 1 is 1.09 bits per heavy atom. The lowest BCUT2D eigenvalue weighted by Gasteiger charge is -2.28. The Bertz CT molecular complexity index is 704. The third-order valence-corrected chi connectivity index (χ3v) is 4.30. The highest BCUT2D eigenvalue weighted by Crippen LogP contribution is 2.18. The topological polar surface area (TPSA) is 29.5 Å². The van der Waals surface area contributed by atoms with Crippen LogP contribution in [0.4, 0.5) is 5.69 Å². The van der Waals surface area contributed by atoms with Gasteiger partial charge in [0.05, 0.1) is 13.2 Å². The fourth-order valence-electron chi connectivity index (χ4n) is 2.54. The lowest BCUT2D eigenvalue weighted by atomic mass is 10.1. The van der Waals surface area contributed by atoms with Gasteiger partial charge in [0, 0.05) is 28.8 Å². The summed E-state index contributed by atoms with van der Waals surface area (Å²) in [5.41, 5.74) is 2.84. The van der Waals surface area contributed by atoms with Gasteiger partial charge in [0.25, 0.3) is 0 Å². The second-order valence-electron chi connectivity index (χ2n) is 5.40. The lowest BCUT2D eigenvalue weighted by Crippen LogP contribution is -2.36. The maximum Gasteiger partial charge on any atom is 0.185 e. The number of ketones is 1. The molecule has 0 N–H and O–H groups in total. The largest absolute Gasteiger partial charge is 0.378 e. The van der Waals surface area contributed by atoms with Crippen LogP contribution in [0.3, 0.4) is 0 Å². The standard InChI is InChI=1S/C19H18BrNO2/c20-17-3-1-2-15(14-17)4-9-19(22)16-5-7-18(8-6-16)21-10-12-23-13-11-21/h1-9,14H,10-13H2/b9-4+. The van der Waals surface area contributed by atoms with Gasteiger partial charge in [0.15, 0.2) is 5.78 Å². The normalized spacial score (nSPS) is 15.1. The Hall–Kier alpha value is -1.91. The summed E-state index contributed by atoms with van der Waals surface area (Å²) in [5.74, 6) is 0.0125. The average Bonchev–Trinajstić information content (AvgIpc) is 2.61. The van der Waals surface area contributed by atoms with Gasteiger partial charge in [0.2, 0.25) is 0 Å². The minimum atomic E-state index is 0.0125. The minimum Gasteiger partial charge on any atom is -0.378 e. The zero-order valence-corrected chi connectivity index (χ0v) is 14.3. The number of hydrogen-bond donors (Lipinski definition) is 0. The number of allylic oxidation sites excluding steroid dienone is 1. The molecule has 1 aliphatic heterocycles. The molecule has 0 aliphatic carbocycles. The molecule has 1 aliphatic rings. The van der Waals surface area contributed by atoms with Crippen LogP contribution in [0.15, 0.2) is 59.1 Å². The van der Waals surface area contributed by atoms with Gasteiger partial charge in [-0.1, -0.05) is 34.1 Å². The van der Waals surface area contributed by atoms with Crippen LogP contribution in [0, 0.1) is 0 Å². The molecule has 0 radical (unpaired) electrons. The number of carbonyl (C=O) groups excluding carboxylic acids is 1. The van der Waals surface area contributed by atoms with Gasteiger partial charge in [0.1, 0.15) is 0 Å². The molecule has 3 rings (SSSR count). The van der Waals surface area contributed by atoms with E-state index in [1.807, 2.05) is 54.6 Å². The van der Waals surface area contributed by atoms with E-state index in [1.54, 1.807) is 6.08 Å². The summed E-state index contributed by atoms with van der Waals surface area (Å²) >= 11 is 3.43. The minimum absolute atomic E-state index is 0.0125. The smallest absolute Gasteiger partial charge is 0.185 e. The molecule has 0 bridgehead atoms. The van der Waals surface area contributed by atoms with Crippen LogP contribution in [-0.2, 0) is 4.74 Å². The van der Waals surface area contributed by atoms with Crippen LogP contribution in [0.1, 0.15) is 15.9 Å². The zero-order valence-electron chi connectivity index (χ0n) is 12.7. The first-order valence-electron chi connectivity index (χ1n) is 7.63. The molecule has 0 aromatic heterocycles. The molecule has 4 heteroatoms. The highest BCUT2D eigenvalue weighted by atomic mass is 79.9. The molecule has 0 atom stereocenters. The van der Waals surface area contributed by atoms with Crippen molar-refractivity contribution in [3.05, 3.63) is 70.2 Å². The van der Waals surface area contributed by atoms with Crippen LogP contribution >= 0.6 is 15.9 Å². The predicted molar refractivity (Wildman–Crippen MR) is 97.0 cm³/mol. The van der Waals surface area contributed by atoms with E-state index < -0.39 is 0 Å². The highest BCUT2D eigenvalue weighted by molar-refractivity contribution is 9.10. The quantitative estimate of drug-likeness (QED) is 0.596. The van der Waals surface area contributed by atoms with Crippen LogP contribution in [0.25, 0.3) is 6.08 Å². The molecule has 0 amide bonds. The molecule has 1 saturated heterocycles. The molecular formula is C19H18BrNO2. The second-order valence-corrected chi connectivity index (χ2v) is 6.31. The molecule has 0 saturated carbocycles. The Kier molecular flexibility index (Phi) is 5.26. The zero-order chi connectivity index (χ0) is 16.1. The van der Waals surface area contributed by atoms with Crippen molar-refractivity contribution in [3.63, 3.8) is 0 Å². The van der Waals surface area contributed by atoms with Crippen molar-refractivity contribution in [1.82, 2.24) is 0 Å². The number of carbonyl (C=O) groups is 1. The van der Waals surface area contributed by atoms with Gasteiger partial charge in [-0.15, -0.1) is 0 Å². The number of morpholine rings is 1. The number of ether oxygens (including phenoxy) is 1. The number of hydrogen-bond acceptors (Lipinski definition) is 3. The number of rotatable bonds is 4. The van der Waals surface area contributed by atoms with E-state index in [9.17, 15) is 4.79 Å². The van der Waals surface area contributed by atoms with Crippen LogP contribution in [-0.4, -0.2) is 32.1 Å². The number of anilines is 1. The van der Waals surface area contributed by atoms with Crippen molar-refractivity contribution in [1.29, 1.82) is 0 Å². The maximum atomic E-state index is 12.3. The van der Waals surface area contributed by atoms with Gasteiger partial charge in [-0.2, -0.15) is 0 Å². The van der Waals surface area contributed by atoms with Crippen molar-refractivity contribution in [2.45, 2.75) is 0 Å². The van der Waals surface area contributed by atoms with Gasteiger partial charge < -0.3 is 9.64 Å². The Morgan fingerprint density at radius 3 is 2.52 bits per heavy atom. The van der Waals surface area contributed by atoms with Crippen LogP contribution < -0.4 is 4.90 Å². The molecule has 1 heterocycles. The van der Waals surface area contributed by atoms with Gasteiger partial charge in [-0.25, -0.2) is 0 Å². The molecule has 2 aromatic carbocycles. The van der Waals surface area contributed by atoms with Gasteiger partial charge in [-0.3, -0.25) is 4.79 Å². The summed E-state index contributed by atoms with van der Waals surface area (Å²) in [6, 6.07) is 15.6. The van der Waals surface area contributed by atoms with Crippen LogP contribution in [0.5, 0.6) is 0 Å². The van der Waals surface area contributed by atoms with E-state index in [1.165, 1.54) is 0 Å². The van der Waals surface area contributed by atoms with Gasteiger partial charge in [-0.05, 0) is 48.0 Å². The molecule has 23 heavy (non-hydrogen) atoms. The highest BCUT2D eigenvalue weighted by Gasteiger charge is 2.11. The van der Waals surface area contributed by atoms with Crippen molar-refractivity contribution < 1.29 is 9.53 Å². The monoisotopic (exact) mass is 371 g/mol. The number of halogens is 1. The molecule has 3 nitrogen and oxygen atoms in total. The third kappa shape index (κ3) is 4.30. The lowest BCUT2D eigenvalue weighted by molar-refractivity contribution is 0.104. The fraction of sp³-hybridized carbons (Fsp3) is 0.211. The molecular weight excluding hydrogens is 354 g/mol. The van der Waals surface area contributed by atoms with E-state index >= 15 is 0 Å². The molecule has 118 valence electrons. The summed E-state index contributed by atoms with van der Waals surface area (Å²) in [4.78, 5) is 14.5. The van der Waals surface area contributed by atoms with E-state index in [-0.39, 0.29) is 5.78 Å². The summed E-state index contributed by atoms with van der Waals surface area (Å²) in [6.07, 6.45) is 3.45. The SMILES string of the molecule is O=C(/C=C/c1cccc(Br)c1)c1ccc(N2CCOCC2)cc1. The summed E-state index contributed by atoms with van der Waals surface area (Å²) < 4.78 is 6.36. The van der Waals surface area contributed by atoms with Crippen molar-refractivity contribution in [3.8, 4) is 0 Å². The Balaban J connectivity index is 1.67. The Morgan fingerprint density at radius 2 is 1.83 bits per heavy atom. The van der Waals surface area contributed by atoms with Crippen molar-refractivity contribution >= 4 is 33.5 Å². The molecule has 1 fully saturated rings. The van der Waals surface area contributed by atoms with E-state index in [4.69, 9.17) is 4.74 Å². The summed E-state index contributed by atoms with van der Waals surface area (Å²) in [5, 5.41) is 0. The summed E-state index contributed by atoms with van der Waals surface area (Å²) in [6.45, 7) is 3.32.